The number of aromatic nitrogens is 2. The summed E-state index contributed by atoms with van der Waals surface area (Å²) >= 11 is 3.24. The highest BCUT2D eigenvalue weighted by Gasteiger charge is 2.09. The summed E-state index contributed by atoms with van der Waals surface area (Å²) in [7, 11) is 0. The van der Waals surface area contributed by atoms with Crippen LogP contribution in [0.15, 0.2) is 16.9 Å². The van der Waals surface area contributed by atoms with E-state index in [1.165, 1.54) is 6.20 Å². The third kappa shape index (κ3) is 0.948. The van der Waals surface area contributed by atoms with Gasteiger partial charge in [0.25, 0.3) is 0 Å². The van der Waals surface area contributed by atoms with Crippen LogP contribution in [0.2, 0.25) is 0 Å². The highest BCUT2D eigenvalue weighted by molar-refractivity contribution is 9.10. The first-order valence-electron chi connectivity index (χ1n) is 3.48. The van der Waals surface area contributed by atoms with Crippen LogP contribution in [0.3, 0.4) is 0 Å². The molecule has 4 heteroatoms. The van der Waals surface area contributed by atoms with Gasteiger partial charge in [0.15, 0.2) is 0 Å². The second-order valence-electron chi connectivity index (χ2n) is 2.62. The lowest BCUT2D eigenvalue weighted by Crippen LogP contribution is -1.86. The first-order chi connectivity index (χ1) is 5.70. The van der Waals surface area contributed by atoms with Crippen LogP contribution in [0.5, 0.6) is 0 Å². The number of halogens is 2. The summed E-state index contributed by atoms with van der Waals surface area (Å²) < 4.78 is 14.1. The zero-order valence-corrected chi connectivity index (χ0v) is 7.94. The second-order valence-corrected chi connectivity index (χ2v) is 3.47. The number of hydrogen-bond donors (Lipinski definition) is 1. The van der Waals surface area contributed by atoms with Gasteiger partial charge in [-0.05, 0) is 22.9 Å². The maximum atomic E-state index is 13.4. The Morgan fingerprint density at radius 3 is 3.08 bits per heavy atom. The molecule has 0 bridgehead atoms. The van der Waals surface area contributed by atoms with Gasteiger partial charge >= 0.3 is 0 Å². The highest BCUT2D eigenvalue weighted by Crippen LogP contribution is 2.25. The average Bonchev–Trinajstić information content (AvgIpc) is 2.41. The maximum absolute atomic E-state index is 13.4. The zero-order chi connectivity index (χ0) is 8.72. The molecule has 0 saturated carbocycles. The summed E-state index contributed by atoms with van der Waals surface area (Å²) in [6, 6.07) is 0. The van der Waals surface area contributed by atoms with Crippen molar-refractivity contribution in [1.82, 2.24) is 9.97 Å². The van der Waals surface area contributed by atoms with E-state index < -0.39 is 0 Å². The van der Waals surface area contributed by atoms with Crippen molar-refractivity contribution >= 4 is 27.0 Å². The van der Waals surface area contributed by atoms with E-state index in [0.717, 1.165) is 0 Å². The lowest BCUT2D eigenvalue weighted by molar-refractivity contribution is 0.629. The number of nitrogens with zero attached hydrogens (tertiary/aromatic N) is 1. The van der Waals surface area contributed by atoms with E-state index in [9.17, 15) is 4.39 Å². The average molecular weight is 229 g/mol. The van der Waals surface area contributed by atoms with E-state index >= 15 is 0 Å². The van der Waals surface area contributed by atoms with Crippen molar-refractivity contribution in [3.63, 3.8) is 0 Å². The quantitative estimate of drug-likeness (QED) is 0.739. The van der Waals surface area contributed by atoms with Crippen LogP contribution in [-0.2, 0) is 0 Å². The fourth-order valence-corrected chi connectivity index (χ4v) is 1.59. The molecular weight excluding hydrogens is 223 g/mol. The van der Waals surface area contributed by atoms with Gasteiger partial charge in [-0.2, -0.15) is 0 Å². The van der Waals surface area contributed by atoms with Crippen molar-refractivity contribution < 1.29 is 4.39 Å². The highest BCUT2D eigenvalue weighted by atomic mass is 79.9. The minimum absolute atomic E-state index is 0.215. The van der Waals surface area contributed by atoms with Crippen LogP contribution >= 0.6 is 15.9 Å². The Labute approximate surface area is 76.9 Å². The molecule has 2 heterocycles. The molecule has 0 fully saturated rings. The number of fused-ring (bicyclic) bond motifs is 1. The Morgan fingerprint density at radius 2 is 2.33 bits per heavy atom. The minimum Gasteiger partial charge on any atom is -0.345 e. The van der Waals surface area contributed by atoms with Crippen molar-refractivity contribution in [1.29, 1.82) is 0 Å². The van der Waals surface area contributed by atoms with Gasteiger partial charge in [-0.25, -0.2) is 9.37 Å². The van der Waals surface area contributed by atoms with Crippen molar-refractivity contribution in [2.45, 2.75) is 6.92 Å². The second kappa shape index (κ2) is 2.55. The van der Waals surface area contributed by atoms with Gasteiger partial charge in [0.05, 0.1) is 5.39 Å². The lowest BCUT2D eigenvalue weighted by Gasteiger charge is -1.96. The SMILES string of the molecule is Cc1cnc2[nH]cc(Br)c2c1F. The molecule has 2 aromatic rings. The maximum Gasteiger partial charge on any atom is 0.141 e. The first kappa shape index (κ1) is 7.73. The van der Waals surface area contributed by atoms with Gasteiger partial charge in [0, 0.05) is 22.4 Å². The molecular formula is C8H6BrFN2. The molecule has 0 aromatic carbocycles. The van der Waals surface area contributed by atoms with Crippen LogP contribution in [-0.4, -0.2) is 9.97 Å². The topological polar surface area (TPSA) is 28.7 Å². The molecule has 0 aliphatic rings. The Balaban J connectivity index is 2.96. The molecule has 62 valence electrons. The van der Waals surface area contributed by atoms with E-state index in [-0.39, 0.29) is 5.82 Å². The van der Waals surface area contributed by atoms with Crippen LogP contribution in [0.4, 0.5) is 4.39 Å². The number of H-pyrrole nitrogens is 1. The van der Waals surface area contributed by atoms with Gasteiger partial charge in [-0.3, -0.25) is 0 Å². The summed E-state index contributed by atoms with van der Waals surface area (Å²) in [6.07, 6.45) is 3.20. The number of aromatic amines is 1. The lowest BCUT2D eigenvalue weighted by atomic mass is 10.2. The third-order valence-electron chi connectivity index (χ3n) is 1.76. The summed E-state index contributed by atoms with van der Waals surface area (Å²) in [4.78, 5) is 6.89. The van der Waals surface area contributed by atoms with Gasteiger partial charge in [-0.1, -0.05) is 0 Å². The van der Waals surface area contributed by atoms with Crippen molar-refractivity contribution in [2.75, 3.05) is 0 Å². The number of pyridine rings is 1. The Hall–Kier alpha value is -0.900. The molecule has 0 amide bonds. The predicted molar refractivity (Wildman–Crippen MR) is 48.5 cm³/mol. The molecule has 0 radical (unpaired) electrons. The third-order valence-corrected chi connectivity index (χ3v) is 2.39. The molecule has 2 nitrogen and oxygen atoms in total. The number of nitrogens with one attached hydrogen (secondary N) is 1. The summed E-state index contributed by atoms with van der Waals surface area (Å²) in [5.41, 5.74) is 1.13. The number of hydrogen-bond acceptors (Lipinski definition) is 1. The van der Waals surface area contributed by atoms with Crippen molar-refractivity contribution in [3.05, 3.63) is 28.2 Å². The number of aryl methyl sites for hydroxylation is 1. The van der Waals surface area contributed by atoms with Gasteiger partial charge < -0.3 is 4.98 Å². The first-order valence-corrected chi connectivity index (χ1v) is 4.27. The molecule has 0 aliphatic heterocycles. The molecule has 0 unspecified atom stereocenters. The molecule has 2 aromatic heterocycles. The largest absolute Gasteiger partial charge is 0.345 e. The predicted octanol–water partition coefficient (Wildman–Crippen LogP) is 2.77. The zero-order valence-electron chi connectivity index (χ0n) is 6.36. The van der Waals surface area contributed by atoms with E-state index in [1.54, 1.807) is 13.1 Å². The van der Waals surface area contributed by atoms with Crippen LogP contribution in [0.25, 0.3) is 11.0 Å². The van der Waals surface area contributed by atoms with Gasteiger partial charge in [-0.15, -0.1) is 0 Å². The molecule has 2 rings (SSSR count). The summed E-state index contributed by atoms with van der Waals surface area (Å²) in [6.45, 7) is 1.70. The Bertz CT molecular complexity index is 436. The fourth-order valence-electron chi connectivity index (χ4n) is 1.11. The van der Waals surface area contributed by atoms with Crippen molar-refractivity contribution in [3.8, 4) is 0 Å². The van der Waals surface area contributed by atoms with E-state index in [4.69, 9.17) is 0 Å². The monoisotopic (exact) mass is 228 g/mol. The number of rotatable bonds is 0. The molecule has 1 N–H and O–H groups in total. The molecule has 12 heavy (non-hydrogen) atoms. The van der Waals surface area contributed by atoms with Gasteiger partial charge in [0.1, 0.15) is 11.5 Å². The van der Waals surface area contributed by atoms with Crippen LogP contribution < -0.4 is 0 Å². The fraction of sp³-hybridized carbons (Fsp3) is 0.125. The van der Waals surface area contributed by atoms with Gasteiger partial charge in [0.2, 0.25) is 0 Å². The van der Waals surface area contributed by atoms with Crippen molar-refractivity contribution in [2.24, 2.45) is 0 Å². The molecule has 0 spiro atoms. The summed E-state index contributed by atoms with van der Waals surface area (Å²) in [5, 5.41) is 0.523. The minimum atomic E-state index is -0.215. The van der Waals surface area contributed by atoms with Crippen LogP contribution in [0.1, 0.15) is 5.56 Å². The van der Waals surface area contributed by atoms with Crippen LogP contribution in [0, 0.1) is 12.7 Å². The molecule has 0 aliphatic carbocycles. The smallest absolute Gasteiger partial charge is 0.141 e. The Kier molecular flexibility index (Phi) is 1.65. The standard InChI is InChI=1S/C8H6BrFN2/c1-4-2-11-8-6(7(4)10)5(9)3-12-8/h2-3H,1H3,(H,11,12). The van der Waals surface area contributed by atoms with E-state index in [2.05, 4.69) is 25.9 Å². The summed E-state index contributed by atoms with van der Waals surface area (Å²) in [5.74, 6) is -0.215. The van der Waals surface area contributed by atoms with E-state index in [1.807, 2.05) is 0 Å². The normalized spacial score (nSPS) is 10.9. The molecule has 0 saturated heterocycles. The Morgan fingerprint density at radius 1 is 1.58 bits per heavy atom. The molecule has 0 atom stereocenters. The van der Waals surface area contributed by atoms with E-state index in [0.29, 0.717) is 21.1 Å².